The fourth-order valence-corrected chi connectivity index (χ4v) is 1.28. The number of para-hydroxylation sites is 1. The summed E-state index contributed by atoms with van der Waals surface area (Å²) in [7, 11) is 0. The van der Waals surface area contributed by atoms with Crippen LogP contribution in [-0.4, -0.2) is 18.6 Å². The molecule has 1 aromatic rings. The molecular weight excluding hydrogens is 226 g/mol. The van der Waals surface area contributed by atoms with E-state index in [2.05, 4.69) is 11.9 Å². The molecule has 0 aliphatic carbocycles. The summed E-state index contributed by atoms with van der Waals surface area (Å²) < 4.78 is 5.43. The van der Waals surface area contributed by atoms with Gasteiger partial charge in [-0.3, -0.25) is 4.79 Å². The molecule has 1 amide bonds. The van der Waals surface area contributed by atoms with Gasteiger partial charge in [-0.2, -0.15) is 0 Å². The summed E-state index contributed by atoms with van der Waals surface area (Å²) in [6.45, 7) is 5.61. The number of rotatable bonds is 5. The van der Waals surface area contributed by atoms with Crippen molar-refractivity contribution in [3.63, 3.8) is 0 Å². The normalized spacial score (nSPS) is 11.6. The molecule has 0 aliphatic rings. The van der Waals surface area contributed by atoms with Gasteiger partial charge in [-0.1, -0.05) is 29.8 Å². The van der Waals surface area contributed by atoms with E-state index in [0.29, 0.717) is 17.3 Å². The smallest absolute Gasteiger partial charge is 0.261 e. The van der Waals surface area contributed by atoms with Gasteiger partial charge in [-0.05, 0) is 19.1 Å². The molecule has 86 valence electrons. The first kappa shape index (κ1) is 12.6. The largest absolute Gasteiger partial charge is 0.479 e. The lowest BCUT2D eigenvalue weighted by Gasteiger charge is -2.14. The highest BCUT2D eigenvalue weighted by Gasteiger charge is 2.14. The maximum atomic E-state index is 11.5. The van der Waals surface area contributed by atoms with Crippen LogP contribution in [0.4, 0.5) is 0 Å². The molecule has 0 saturated heterocycles. The molecule has 0 heterocycles. The van der Waals surface area contributed by atoms with E-state index >= 15 is 0 Å². The van der Waals surface area contributed by atoms with E-state index in [1.165, 1.54) is 0 Å². The molecule has 0 radical (unpaired) electrons. The Hall–Kier alpha value is -1.48. The van der Waals surface area contributed by atoms with Gasteiger partial charge in [0.25, 0.3) is 5.91 Å². The van der Waals surface area contributed by atoms with E-state index in [4.69, 9.17) is 16.3 Å². The van der Waals surface area contributed by atoms with Crippen LogP contribution in [0, 0.1) is 0 Å². The van der Waals surface area contributed by atoms with Crippen LogP contribution < -0.4 is 10.1 Å². The first-order valence-corrected chi connectivity index (χ1v) is 5.32. The van der Waals surface area contributed by atoms with Crippen molar-refractivity contribution < 1.29 is 9.53 Å². The highest BCUT2D eigenvalue weighted by atomic mass is 35.5. The lowest BCUT2D eigenvalue weighted by atomic mass is 10.3. The van der Waals surface area contributed by atoms with Gasteiger partial charge in [-0.15, -0.1) is 6.58 Å². The van der Waals surface area contributed by atoms with Crippen molar-refractivity contribution in [3.05, 3.63) is 41.9 Å². The molecule has 0 bridgehead atoms. The van der Waals surface area contributed by atoms with Crippen molar-refractivity contribution in [1.82, 2.24) is 5.32 Å². The fraction of sp³-hybridized carbons (Fsp3) is 0.250. The van der Waals surface area contributed by atoms with Crippen molar-refractivity contribution in [3.8, 4) is 5.75 Å². The van der Waals surface area contributed by atoms with Crippen LogP contribution in [0.15, 0.2) is 36.9 Å². The summed E-state index contributed by atoms with van der Waals surface area (Å²) in [5.74, 6) is 0.310. The summed E-state index contributed by atoms with van der Waals surface area (Å²) in [6, 6.07) is 7.04. The Morgan fingerprint density at radius 1 is 1.62 bits per heavy atom. The zero-order valence-corrected chi connectivity index (χ0v) is 9.83. The molecule has 3 nitrogen and oxygen atoms in total. The van der Waals surface area contributed by atoms with Crippen LogP contribution in [0.1, 0.15) is 6.92 Å². The molecule has 0 aromatic heterocycles. The molecule has 1 rings (SSSR count). The van der Waals surface area contributed by atoms with Crippen molar-refractivity contribution in [1.29, 1.82) is 0 Å². The maximum Gasteiger partial charge on any atom is 0.261 e. The number of benzene rings is 1. The Kier molecular flexibility index (Phi) is 4.86. The number of halogens is 1. The van der Waals surface area contributed by atoms with Gasteiger partial charge in [0.1, 0.15) is 5.75 Å². The van der Waals surface area contributed by atoms with Crippen molar-refractivity contribution in [2.24, 2.45) is 0 Å². The van der Waals surface area contributed by atoms with E-state index < -0.39 is 6.10 Å². The fourth-order valence-electron chi connectivity index (χ4n) is 1.10. The minimum atomic E-state index is -0.583. The van der Waals surface area contributed by atoms with E-state index in [1.807, 2.05) is 0 Å². The number of hydrogen-bond acceptors (Lipinski definition) is 2. The Morgan fingerprint density at radius 3 is 2.94 bits per heavy atom. The van der Waals surface area contributed by atoms with Crippen LogP contribution in [0.2, 0.25) is 5.02 Å². The number of hydrogen-bond donors (Lipinski definition) is 1. The second kappa shape index (κ2) is 6.18. The quantitative estimate of drug-likeness (QED) is 0.802. The number of amides is 1. The summed E-state index contributed by atoms with van der Waals surface area (Å²) in [6.07, 6.45) is 1.03. The molecular formula is C12H14ClNO2. The van der Waals surface area contributed by atoms with Crippen molar-refractivity contribution in [2.45, 2.75) is 13.0 Å². The van der Waals surface area contributed by atoms with Crippen LogP contribution in [0.5, 0.6) is 5.75 Å². The van der Waals surface area contributed by atoms with Crippen LogP contribution in [0.3, 0.4) is 0 Å². The van der Waals surface area contributed by atoms with Gasteiger partial charge in [0.2, 0.25) is 0 Å². The van der Waals surface area contributed by atoms with Gasteiger partial charge >= 0.3 is 0 Å². The van der Waals surface area contributed by atoms with E-state index in [-0.39, 0.29) is 5.91 Å². The Bertz CT molecular complexity index is 379. The summed E-state index contributed by atoms with van der Waals surface area (Å²) >= 11 is 5.90. The molecule has 1 N–H and O–H groups in total. The molecule has 1 atom stereocenters. The van der Waals surface area contributed by atoms with E-state index in [9.17, 15) is 4.79 Å². The molecule has 0 spiro atoms. The highest BCUT2D eigenvalue weighted by molar-refractivity contribution is 6.32. The third kappa shape index (κ3) is 3.59. The summed E-state index contributed by atoms with van der Waals surface area (Å²) in [5, 5.41) is 3.14. The average Bonchev–Trinajstić information content (AvgIpc) is 2.28. The number of carbonyl (C=O) groups is 1. The first-order valence-electron chi connectivity index (χ1n) is 4.95. The standard InChI is InChI=1S/C12H14ClNO2/c1-3-8-14-12(15)9(2)16-11-7-5-4-6-10(11)13/h3-7,9H,1,8H2,2H3,(H,14,15). The molecule has 0 saturated carbocycles. The minimum Gasteiger partial charge on any atom is -0.479 e. The average molecular weight is 240 g/mol. The molecule has 4 heteroatoms. The van der Waals surface area contributed by atoms with Gasteiger partial charge in [0, 0.05) is 6.54 Å². The zero-order chi connectivity index (χ0) is 12.0. The lowest BCUT2D eigenvalue weighted by Crippen LogP contribution is -2.36. The second-order valence-corrected chi connectivity index (χ2v) is 3.63. The monoisotopic (exact) mass is 239 g/mol. The van der Waals surface area contributed by atoms with Gasteiger partial charge in [0.15, 0.2) is 6.10 Å². The van der Waals surface area contributed by atoms with E-state index in [1.54, 1.807) is 37.3 Å². The molecule has 1 aromatic carbocycles. The Balaban J connectivity index is 2.57. The minimum absolute atomic E-state index is 0.195. The van der Waals surface area contributed by atoms with Crippen molar-refractivity contribution in [2.75, 3.05) is 6.54 Å². The van der Waals surface area contributed by atoms with Crippen LogP contribution in [-0.2, 0) is 4.79 Å². The zero-order valence-electron chi connectivity index (χ0n) is 9.07. The van der Waals surface area contributed by atoms with Gasteiger partial charge in [0.05, 0.1) is 5.02 Å². The van der Waals surface area contributed by atoms with E-state index in [0.717, 1.165) is 0 Å². The van der Waals surface area contributed by atoms with Crippen LogP contribution in [0.25, 0.3) is 0 Å². The molecule has 16 heavy (non-hydrogen) atoms. The number of carbonyl (C=O) groups excluding carboxylic acids is 1. The van der Waals surface area contributed by atoms with Crippen molar-refractivity contribution >= 4 is 17.5 Å². The highest BCUT2D eigenvalue weighted by Crippen LogP contribution is 2.24. The maximum absolute atomic E-state index is 11.5. The molecule has 1 unspecified atom stereocenters. The third-order valence-electron chi connectivity index (χ3n) is 1.93. The van der Waals surface area contributed by atoms with Gasteiger partial charge < -0.3 is 10.1 Å². The molecule has 0 fully saturated rings. The predicted octanol–water partition coefficient (Wildman–Crippen LogP) is 2.41. The number of nitrogens with one attached hydrogen (secondary N) is 1. The Labute approximate surface area is 100 Å². The summed E-state index contributed by atoms with van der Waals surface area (Å²) in [5.41, 5.74) is 0. The second-order valence-electron chi connectivity index (χ2n) is 3.22. The topological polar surface area (TPSA) is 38.3 Å². The number of ether oxygens (including phenoxy) is 1. The SMILES string of the molecule is C=CCNC(=O)C(C)Oc1ccccc1Cl. The predicted molar refractivity (Wildman–Crippen MR) is 64.7 cm³/mol. The first-order chi connectivity index (χ1) is 7.65. The molecule has 0 aliphatic heterocycles. The third-order valence-corrected chi connectivity index (χ3v) is 2.24. The van der Waals surface area contributed by atoms with Crippen LogP contribution >= 0.6 is 11.6 Å². The summed E-state index contributed by atoms with van der Waals surface area (Å²) in [4.78, 5) is 11.5. The lowest BCUT2D eigenvalue weighted by molar-refractivity contribution is -0.127. The Morgan fingerprint density at radius 2 is 2.31 bits per heavy atom. The van der Waals surface area contributed by atoms with Gasteiger partial charge in [-0.25, -0.2) is 0 Å².